The van der Waals surface area contributed by atoms with E-state index in [0.29, 0.717) is 6.61 Å². The van der Waals surface area contributed by atoms with Crippen molar-refractivity contribution in [2.75, 3.05) is 6.61 Å². The van der Waals surface area contributed by atoms with Gasteiger partial charge < -0.3 is 10.5 Å². The van der Waals surface area contributed by atoms with E-state index in [1.165, 1.54) is 11.1 Å². The van der Waals surface area contributed by atoms with Crippen molar-refractivity contribution in [3.05, 3.63) is 45.4 Å². The number of hydrogen-bond acceptors (Lipinski definition) is 4. The predicted octanol–water partition coefficient (Wildman–Crippen LogP) is 3.58. The molecule has 0 radical (unpaired) electrons. The van der Waals surface area contributed by atoms with Gasteiger partial charge in [-0.25, -0.2) is 4.98 Å². The first-order chi connectivity index (χ1) is 9.36. The fraction of sp³-hybridized carbons (Fsp3) is 0.438. The lowest BCUT2D eigenvalue weighted by Crippen LogP contribution is -2.27. The highest BCUT2D eigenvalue weighted by Crippen LogP contribution is 2.24. The minimum absolute atomic E-state index is 0.316. The molecule has 0 atom stereocenters. The van der Waals surface area contributed by atoms with Crippen LogP contribution in [0.4, 0.5) is 0 Å². The second kappa shape index (κ2) is 5.94. The number of thiazole rings is 1. The number of aromatic nitrogens is 1. The van der Waals surface area contributed by atoms with E-state index in [1.807, 2.05) is 20.0 Å². The maximum atomic E-state index is 6.07. The van der Waals surface area contributed by atoms with Crippen molar-refractivity contribution in [3.63, 3.8) is 0 Å². The van der Waals surface area contributed by atoms with E-state index in [1.54, 1.807) is 11.3 Å². The van der Waals surface area contributed by atoms with Crippen LogP contribution in [-0.4, -0.2) is 11.6 Å². The summed E-state index contributed by atoms with van der Waals surface area (Å²) in [6, 6.07) is 6.26. The highest BCUT2D eigenvalue weighted by molar-refractivity contribution is 7.11. The first-order valence-corrected chi connectivity index (χ1v) is 7.62. The second-order valence-corrected chi connectivity index (χ2v) is 6.82. The lowest BCUT2D eigenvalue weighted by atomic mass is 10.1. The lowest BCUT2D eigenvalue weighted by Gasteiger charge is -2.14. The molecule has 0 aliphatic heterocycles. The summed E-state index contributed by atoms with van der Waals surface area (Å²) in [5, 5.41) is 1.07. The van der Waals surface area contributed by atoms with Gasteiger partial charge in [-0.15, -0.1) is 11.3 Å². The molecular weight excluding hydrogens is 268 g/mol. The highest BCUT2D eigenvalue weighted by Gasteiger charge is 2.17. The van der Waals surface area contributed by atoms with Crippen molar-refractivity contribution in [2.45, 2.75) is 39.7 Å². The van der Waals surface area contributed by atoms with Crippen LogP contribution in [-0.2, 0) is 12.0 Å². The van der Waals surface area contributed by atoms with Crippen LogP contribution in [0.5, 0.6) is 5.75 Å². The molecule has 20 heavy (non-hydrogen) atoms. The average molecular weight is 290 g/mol. The van der Waals surface area contributed by atoms with E-state index in [0.717, 1.165) is 22.1 Å². The van der Waals surface area contributed by atoms with Gasteiger partial charge in [0.15, 0.2) is 0 Å². The van der Waals surface area contributed by atoms with E-state index in [9.17, 15) is 0 Å². The Morgan fingerprint density at radius 1 is 1.30 bits per heavy atom. The molecule has 2 aromatic rings. The Morgan fingerprint density at radius 2 is 2.05 bits per heavy atom. The standard InChI is InChI=1S/C16H22N2OS/c1-11-5-6-12(2)13(9-11)19-8-7-15-18-10-14(20-15)16(3,4)17/h5-6,9-10H,7-8,17H2,1-4H3. The fourth-order valence-corrected chi connectivity index (χ4v) is 2.75. The van der Waals surface area contributed by atoms with E-state index in [4.69, 9.17) is 10.5 Å². The van der Waals surface area contributed by atoms with E-state index in [-0.39, 0.29) is 5.54 Å². The second-order valence-electron chi connectivity index (χ2n) is 5.71. The molecular formula is C16H22N2OS. The normalized spacial score (nSPS) is 11.7. The van der Waals surface area contributed by atoms with Gasteiger partial charge in [0.05, 0.1) is 11.6 Å². The van der Waals surface area contributed by atoms with Crippen molar-refractivity contribution in [1.29, 1.82) is 0 Å². The quantitative estimate of drug-likeness (QED) is 0.915. The zero-order chi connectivity index (χ0) is 14.8. The summed E-state index contributed by atoms with van der Waals surface area (Å²) in [5.74, 6) is 0.959. The van der Waals surface area contributed by atoms with Crippen LogP contribution in [0.1, 0.15) is 34.9 Å². The summed E-state index contributed by atoms with van der Waals surface area (Å²) >= 11 is 1.67. The van der Waals surface area contributed by atoms with Gasteiger partial charge in [-0.1, -0.05) is 12.1 Å². The van der Waals surface area contributed by atoms with Crippen LogP contribution in [0.2, 0.25) is 0 Å². The molecule has 1 aromatic heterocycles. The first-order valence-electron chi connectivity index (χ1n) is 6.80. The van der Waals surface area contributed by atoms with Gasteiger partial charge in [-0.2, -0.15) is 0 Å². The number of rotatable bonds is 5. The van der Waals surface area contributed by atoms with Gasteiger partial charge in [0.2, 0.25) is 0 Å². The summed E-state index contributed by atoms with van der Waals surface area (Å²) in [4.78, 5) is 5.52. The van der Waals surface area contributed by atoms with Crippen molar-refractivity contribution in [1.82, 2.24) is 4.98 Å². The van der Waals surface area contributed by atoms with Crippen molar-refractivity contribution < 1.29 is 4.74 Å². The van der Waals surface area contributed by atoms with Crippen LogP contribution in [0, 0.1) is 13.8 Å². The minimum atomic E-state index is -0.316. The van der Waals surface area contributed by atoms with Gasteiger partial charge in [0, 0.05) is 23.0 Å². The number of aryl methyl sites for hydroxylation is 2. The van der Waals surface area contributed by atoms with Gasteiger partial charge >= 0.3 is 0 Å². The first kappa shape index (κ1) is 15.0. The number of benzene rings is 1. The Labute approximate surface area is 124 Å². The third kappa shape index (κ3) is 3.81. The molecule has 108 valence electrons. The van der Waals surface area contributed by atoms with E-state index >= 15 is 0 Å². The van der Waals surface area contributed by atoms with E-state index in [2.05, 4.69) is 37.0 Å². The Morgan fingerprint density at radius 3 is 2.70 bits per heavy atom. The van der Waals surface area contributed by atoms with Gasteiger partial charge in [-0.3, -0.25) is 0 Å². The summed E-state index contributed by atoms with van der Waals surface area (Å²) in [6.45, 7) is 8.77. The molecule has 0 spiro atoms. The molecule has 0 saturated heterocycles. The SMILES string of the molecule is Cc1ccc(C)c(OCCc2ncc(C(C)(C)N)s2)c1. The summed E-state index contributed by atoms with van der Waals surface area (Å²) in [7, 11) is 0. The summed E-state index contributed by atoms with van der Waals surface area (Å²) in [6.07, 6.45) is 2.69. The fourth-order valence-electron chi connectivity index (χ4n) is 1.83. The predicted molar refractivity (Wildman–Crippen MR) is 84.4 cm³/mol. The van der Waals surface area contributed by atoms with Crippen molar-refractivity contribution in [3.8, 4) is 5.75 Å². The molecule has 4 heteroatoms. The molecule has 0 fully saturated rings. The third-order valence-corrected chi connectivity index (χ3v) is 4.50. The molecule has 0 aliphatic carbocycles. The summed E-state index contributed by atoms with van der Waals surface area (Å²) in [5.41, 5.74) is 8.13. The number of ether oxygens (including phenoxy) is 1. The topological polar surface area (TPSA) is 48.1 Å². The maximum absolute atomic E-state index is 6.07. The Hall–Kier alpha value is -1.39. The molecule has 0 aliphatic rings. The van der Waals surface area contributed by atoms with E-state index < -0.39 is 0 Å². The zero-order valence-corrected chi connectivity index (χ0v) is 13.4. The molecule has 0 unspecified atom stereocenters. The zero-order valence-electron chi connectivity index (χ0n) is 12.6. The summed E-state index contributed by atoms with van der Waals surface area (Å²) < 4.78 is 5.85. The molecule has 3 nitrogen and oxygen atoms in total. The largest absolute Gasteiger partial charge is 0.493 e. The third-order valence-electron chi connectivity index (χ3n) is 3.11. The molecule has 1 aromatic carbocycles. The molecule has 0 bridgehead atoms. The van der Waals surface area contributed by atoms with Gasteiger partial charge in [0.25, 0.3) is 0 Å². The van der Waals surface area contributed by atoms with Crippen LogP contribution in [0.25, 0.3) is 0 Å². The maximum Gasteiger partial charge on any atom is 0.122 e. The van der Waals surface area contributed by atoms with Crippen LogP contribution >= 0.6 is 11.3 Å². The minimum Gasteiger partial charge on any atom is -0.493 e. The Kier molecular flexibility index (Phi) is 4.45. The number of hydrogen-bond donors (Lipinski definition) is 1. The van der Waals surface area contributed by atoms with Crippen LogP contribution < -0.4 is 10.5 Å². The van der Waals surface area contributed by atoms with Crippen LogP contribution in [0.15, 0.2) is 24.4 Å². The highest BCUT2D eigenvalue weighted by atomic mass is 32.1. The molecule has 2 rings (SSSR count). The van der Waals surface area contributed by atoms with Gasteiger partial charge in [0.1, 0.15) is 5.75 Å². The number of nitrogens with zero attached hydrogens (tertiary/aromatic N) is 1. The van der Waals surface area contributed by atoms with Crippen molar-refractivity contribution >= 4 is 11.3 Å². The molecule has 0 amide bonds. The Bertz CT molecular complexity index is 584. The molecule has 2 N–H and O–H groups in total. The Balaban J connectivity index is 1.93. The smallest absolute Gasteiger partial charge is 0.122 e. The average Bonchev–Trinajstić information content (AvgIpc) is 2.82. The number of nitrogens with two attached hydrogens (primary N) is 1. The van der Waals surface area contributed by atoms with Gasteiger partial charge in [-0.05, 0) is 44.9 Å². The lowest BCUT2D eigenvalue weighted by molar-refractivity contribution is 0.319. The van der Waals surface area contributed by atoms with Crippen LogP contribution in [0.3, 0.4) is 0 Å². The monoisotopic (exact) mass is 290 g/mol. The van der Waals surface area contributed by atoms with Crippen molar-refractivity contribution in [2.24, 2.45) is 5.73 Å². The molecule has 0 saturated carbocycles. The molecule has 1 heterocycles.